The van der Waals surface area contributed by atoms with Gasteiger partial charge in [-0.05, 0) is 79.5 Å². The lowest BCUT2D eigenvalue weighted by molar-refractivity contribution is 0.0950. The van der Waals surface area contributed by atoms with E-state index in [-0.39, 0.29) is 5.91 Å². The van der Waals surface area contributed by atoms with Gasteiger partial charge in [0.25, 0.3) is 5.91 Å². The molecule has 1 aliphatic rings. The first-order valence-corrected chi connectivity index (χ1v) is 11.8. The summed E-state index contributed by atoms with van der Waals surface area (Å²) in [6.45, 7) is 7.32. The van der Waals surface area contributed by atoms with Crippen molar-refractivity contribution in [3.63, 3.8) is 0 Å². The molecule has 4 heterocycles. The van der Waals surface area contributed by atoms with Crippen molar-refractivity contribution in [1.82, 2.24) is 29.5 Å². The highest BCUT2D eigenvalue weighted by Crippen LogP contribution is 2.39. The van der Waals surface area contributed by atoms with Crippen molar-refractivity contribution >= 4 is 22.5 Å². The number of aryl methyl sites for hydroxylation is 3. The van der Waals surface area contributed by atoms with E-state index >= 15 is 0 Å². The van der Waals surface area contributed by atoms with Crippen LogP contribution in [-0.2, 0) is 13.1 Å². The van der Waals surface area contributed by atoms with E-state index in [2.05, 4.69) is 65.0 Å². The molecule has 1 fully saturated rings. The van der Waals surface area contributed by atoms with E-state index in [1.807, 2.05) is 12.4 Å². The normalized spacial score (nSPS) is 13.7. The van der Waals surface area contributed by atoms with Crippen LogP contribution in [0.15, 0.2) is 49.2 Å². The van der Waals surface area contributed by atoms with Gasteiger partial charge in [0.1, 0.15) is 5.65 Å². The van der Waals surface area contributed by atoms with E-state index in [4.69, 9.17) is 4.98 Å². The molecule has 34 heavy (non-hydrogen) atoms. The quantitative estimate of drug-likeness (QED) is 0.389. The minimum Gasteiger partial charge on any atom is -0.361 e. The number of pyridine rings is 1. The number of aromatic amines is 1. The molecule has 0 radical (unpaired) electrons. The molecular formula is C27H28N6O. The second kappa shape index (κ2) is 7.87. The molecule has 0 aliphatic heterocycles. The van der Waals surface area contributed by atoms with Crippen LogP contribution in [0.3, 0.4) is 0 Å². The summed E-state index contributed by atoms with van der Waals surface area (Å²) in [5.74, 6) is 0.587. The lowest BCUT2D eigenvalue weighted by Crippen LogP contribution is -2.23. The van der Waals surface area contributed by atoms with Gasteiger partial charge in [0, 0.05) is 42.2 Å². The molecule has 1 aromatic carbocycles. The molecule has 0 spiro atoms. The standard InChI is InChI=1S/C27H28N6O/c1-16-8-24-26(17(2)9-28-24)18(3)23(16)11-29-27(34)21-10-30-33(13-21)15-22-14-32-12-20(19-4-5-19)6-7-25(32)31-22/h6-10,12-14,19,28H,4-5,11,15H2,1-3H3,(H,29,34). The second-order valence-electron chi connectivity index (χ2n) is 9.53. The molecule has 7 nitrogen and oxygen atoms in total. The van der Waals surface area contributed by atoms with Crippen molar-refractivity contribution in [3.8, 4) is 0 Å². The molecule has 5 aromatic rings. The average molecular weight is 453 g/mol. The fourth-order valence-corrected chi connectivity index (χ4v) is 4.98. The molecule has 7 heteroatoms. The molecule has 1 saturated carbocycles. The molecule has 0 saturated heterocycles. The van der Waals surface area contributed by atoms with Gasteiger partial charge in [-0.2, -0.15) is 5.10 Å². The second-order valence-corrected chi connectivity index (χ2v) is 9.53. The summed E-state index contributed by atoms with van der Waals surface area (Å²) < 4.78 is 3.86. The van der Waals surface area contributed by atoms with Crippen LogP contribution in [0.25, 0.3) is 16.6 Å². The number of fused-ring (bicyclic) bond motifs is 2. The summed E-state index contributed by atoms with van der Waals surface area (Å²) in [6, 6.07) is 6.41. The lowest BCUT2D eigenvalue weighted by atomic mass is 9.97. The van der Waals surface area contributed by atoms with Crippen LogP contribution in [0.2, 0.25) is 0 Å². The summed E-state index contributed by atoms with van der Waals surface area (Å²) in [5, 5.41) is 8.70. The molecule has 0 bridgehead atoms. The Morgan fingerprint density at radius 1 is 1.15 bits per heavy atom. The largest absolute Gasteiger partial charge is 0.361 e. The number of nitrogens with zero attached hydrogens (tertiary/aromatic N) is 4. The number of hydrogen-bond acceptors (Lipinski definition) is 3. The topological polar surface area (TPSA) is 80.0 Å². The molecule has 172 valence electrons. The maximum absolute atomic E-state index is 12.8. The Balaban J connectivity index is 1.15. The number of H-pyrrole nitrogens is 1. The number of amides is 1. The molecular weight excluding hydrogens is 424 g/mol. The Morgan fingerprint density at radius 3 is 2.82 bits per heavy atom. The van der Waals surface area contributed by atoms with Crippen LogP contribution < -0.4 is 5.32 Å². The third-order valence-electron chi connectivity index (χ3n) is 6.99. The van der Waals surface area contributed by atoms with Gasteiger partial charge >= 0.3 is 0 Å². The average Bonchev–Trinajstić information content (AvgIpc) is 3.25. The maximum Gasteiger partial charge on any atom is 0.254 e. The first-order chi connectivity index (χ1) is 16.5. The van der Waals surface area contributed by atoms with E-state index in [9.17, 15) is 4.79 Å². The van der Waals surface area contributed by atoms with Crippen LogP contribution >= 0.6 is 0 Å². The molecule has 2 N–H and O–H groups in total. The van der Waals surface area contributed by atoms with Crippen LogP contribution in [0, 0.1) is 20.8 Å². The molecule has 1 amide bonds. The van der Waals surface area contributed by atoms with Gasteiger partial charge in [-0.15, -0.1) is 0 Å². The van der Waals surface area contributed by atoms with Gasteiger partial charge in [0.2, 0.25) is 0 Å². The predicted octanol–water partition coefficient (Wildman–Crippen LogP) is 4.79. The number of imidazole rings is 1. The third kappa shape index (κ3) is 3.67. The Bertz CT molecular complexity index is 1550. The molecule has 4 aromatic heterocycles. The summed E-state index contributed by atoms with van der Waals surface area (Å²) in [5.41, 5.74) is 9.68. The van der Waals surface area contributed by atoms with Crippen LogP contribution in [0.1, 0.15) is 62.6 Å². The predicted molar refractivity (Wildman–Crippen MR) is 132 cm³/mol. The number of carbonyl (C=O) groups excluding carboxylic acids is 1. The lowest BCUT2D eigenvalue weighted by Gasteiger charge is -2.13. The zero-order valence-corrected chi connectivity index (χ0v) is 19.7. The number of hydrogen-bond donors (Lipinski definition) is 2. The van der Waals surface area contributed by atoms with Crippen LogP contribution in [-0.4, -0.2) is 30.1 Å². The first-order valence-electron chi connectivity index (χ1n) is 11.8. The zero-order valence-electron chi connectivity index (χ0n) is 19.7. The third-order valence-corrected chi connectivity index (χ3v) is 6.99. The smallest absolute Gasteiger partial charge is 0.254 e. The van der Waals surface area contributed by atoms with E-state index in [0.29, 0.717) is 24.6 Å². The summed E-state index contributed by atoms with van der Waals surface area (Å²) in [6.07, 6.45) is 12.2. The first kappa shape index (κ1) is 20.7. The van der Waals surface area contributed by atoms with Gasteiger partial charge in [-0.1, -0.05) is 6.07 Å². The molecule has 0 unspecified atom stereocenters. The monoisotopic (exact) mass is 452 g/mol. The molecule has 0 atom stereocenters. The summed E-state index contributed by atoms with van der Waals surface area (Å²) >= 11 is 0. The fourth-order valence-electron chi connectivity index (χ4n) is 4.98. The van der Waals surface area contributed by atoms with Gasteiger partial charge < -0.3 is 14.7 Å². The van der Waals surface area contributed by atoms with Crippen molar-refractivity contribution in [1.29, 1.82) is 0 Å². The number of aromatic nitrogens is 5. The Labute approximate surface area is 197 Å². The highest BCUT2D eigenvalue weighted by Gasteiger charge is 2.23. The van der Waals surface area contributed by atoms with E-state index < -0.39 is 0 Å². The van der Waals surface area contributed by atoms with Gasteiger partial charge in [0.15, 0.2) is 0 Å². The zero-order chi connectivity index (χ0) is 23.4. The van der Waals surface area contributed by atoms with E-state index in [0.717, 1.165) is 22.4 Å². The van der Waals surface area contributed by atoms with Crippen molar-refractivity contribution in [2.75, 3.05) is 0 Å². The Hall–Kier alpha value is -3.87. The number of nitrogens with one attached hydrogen (secondary N) is 2. The summed E-state index contributed by atoms with van der Waals surface area (Å²) in [7, 11) is 0. The highest BCUT2D eigenvalue weighted by atomic mass is 16.1. The van der Waals surface area contributed by atoms with Crippen molar-refractivity contribution in [3.05, 3.63) is 88.3 Å². The van der Waals surface area contributed by atoms with Crippen molar-refractivity contribution in [2.45, 2.75) is 52.6 Å². The van der Waals surface area contributed by atoms with Gasteiger partial charge in [-0.3, -0.25) is 9.48 Å². The van der Waals surface area contributed by atoms with Gasteiger partial charge in [-0.25, -0.2) is 4.98 Å². The molecule has 6 rings (SSSR count). The van der Waals surface area contributed by atoms with Crippen molar-refractivity contribution < 1.29 is 4.79 Å². The summed E-state index contributed by atoms with van der Waals surface area (Å²) in [4.78, 5) is 20.9. The SMILES string of the molecule is Cc1cc2[nH]cc(C)c2c(C)c1CNC(=O)c1cnn(Cc2cn3cc(C4CC4)ccc3n2)c1. The fraction of sp³-hybridized carbons (Fsp3) is 0.296. The van der Waals surface area contributed by atoms with Crippen molar-refractivity contribution in [2.24, 2.45) is 0 Å². The van der Waals surface area contributed by atoms with E-state index in [1.165, 1.54) is 40.5 Å². The number of carbonyl (C=O) groups is 1. The minimum absolute atomic E-state index is 0.125. The Kier molecular flexibility index (Phi) is 4.79. The van der Waals surface area contributed by atoms with Crippen LogP contribution in [0.5, 0.6) is 0 Å². The molecule has 1 aliphatic carbocycles. The van der Waals surface area contributed by atoms with E-state index in [1.54, 1.807) is 17.1 Å². The number of benzene rings is 1. The van der Waals surface area contributed by atoms with Gasteiger partial charge in [0.05, 0.1) is 24.0 Å². The Morgan fingerprint density at radius 2 is 2.00 bits per heavy atom. The minimum atomic E-state index is -0.125. The number of rotatable bonds is 6. The highest BCUT2D eigenvalue weighted by molar-refractivity contribution is 5.94. The van der Waals surface area contributed by atoms with Crippen LogP contribution in [0.4, 0.5) is 0 Å². The maximum atomic E-state index is 12.8.